The van der Waals surface area contributed by atoms with Crippen LogP contribution in [0.15, 0.2) is 34.8 Å². The van der Waals surface area contributed by atoms with Crippen LogP contribution < -0.4 is 9.47 Å². The summed E-state index contributed by atoms with van der Waals surface area (Å²) in [5.74, 6) is -2.90. The summed E-state index contributed by atoms with van der Waals surface area (Å²) in [4.78, 5) is 24.7. The van der Waals surface area contributed by atoms with Crippen molar-refractivity contribution in [2.75, 3.05) is 13.7 Å². The van der Waals surface area contributed by atoms with Gasteiger partial charge in [-0.2, -0.15) is 0 Å². The maximum Gasteiger partial charge on any atom is 0.339 e. The minimum absolute atomic E-state index is 0.0975. The van der Waals surface area contributed by atoms with Gasteiger partial charge in [0.15, 0.2) is 29.2 Å². The Bertz CT molecular complexity index is 869. The maximum absolute atomic E-state index is 13.3. The Balaban J connectivity index is 2.19. The van der Waals surface area contributed by atoms with Crippen LogP contribution in [0.25, 0.3) is 0 Å². The highest BCUT2D eigenvalue weighted by atomic mass is 79.9. The zero-order valence-electron chi connectivity index (χ0n) is 14.8. The van der Waals surface area contributed by atoms with Gasteiger partial charge in [-0.05, 0) is 60.1 Å². The number of benzene rings is 2. The van der Waals surface area contributed by atoms with E-state index in [1.165, 1.54) is 26.2 Å². The summed E-state index contributed by atoms with van der Waals surface area (Å²) in [7, 11) is 1.43. The molecular weight excluding hydrogens is 426 g/mol. The van der Waals surface area contributed by atoms with Crippen LogP contribution in [0.1, 0.15) is 34.6 Å². The quantitative estimate of drug-likeness (QED) is 0.464. The lowest BCUT2D eigenvalue weighted by Gasteiger charge is -2.15. The van der Waals surface area contributed by atoms with Crippen LogP contribution in [-0.2, 0) is 4.74 Å². The summed E-state index contributed by atoms with van der Waals surface area (Å²) < 4.78 is 42.6. The molecule has 0 aliphatic rings. The van der Waals surface area contributed by atoms with Crippen LogP contribution in [0.4, 0.5) is 8.78 Å². The average Bonchev–Trinajstić information content (AvgIpc) is 2.64. The second kappa shape index (κ2) is 8.94. The van der Waals surface area contributed by atoms with Crippen LogP contribution in [0.2, 0.25) is 0 Å². The minimum atomic E-state index is -1.20. The number of ketones is 1. The molecule has 0 heterocycles. The molecule has 2 rings (SSSR count). The fourth-order valence-corrected chi connectivity index (χ4v) is 2.84. The lowest BCUT2D eigenvalue weighted by atomic mass is 10.1. The molecule has 0 saturated carbocycles. The molecule has 0 amide bonds. The minimum Gasteiger partial charge on any atom is -0.493 e. The van der Waals surface area contributed by atoms with Crippen molar-refractivity contribution >= 4 is 27.7 Å². The van der Waals surface area contributed by atoms with Gasteiger partial charge < -0.3 is 14.2 Å². The fourth-order valence-electron chi connectivity index (χ4n) is 2.29. The van der Waals surface area contributed by atoms with Crippen molar-refractivity contribution < 1.29 is 32.6 Å². The van der Waals surface area contributed by atoms with Crippen LogP contribution in [0.5, 0.6) is 11.5 Å². The molecule has 0 radical (unpaired) electrons. The Morgan fingerprint density at radius 1 is 1.11 bits per heavy atom. The third kappa shape index (κ3) is 4.82. The van der Waals surface area contributed by atoms with E-state index in [1.54, 1.807) is 6.92 Å². The number of esters is 1. The van der Waals surface area contributed by atoms with Gasteiger partial charge in [0.25, 0.3) is 0 Å². The van der Waals surface area contributed by atoms with Crippen LogP contribution in [0.3, 0.4) is 0 Å². The number of methoxy groups -OCH3 is 1. The molecule has 0 fully saturated rings. The predicted molar refractivity (Wildman–Crippen MR) is 97.4 cm³/mol. The van der Waals surface area contributed by atoms with Gasteiger partial charge in [0, 0.05) is 5.56 Å². The van der Waals surface area contributed by atoms with E-state index >= 15 is 0 Å². The van der Waals surface area contributed by atoms with Gasteiger partial charge in [-0.15, -0.1) is 0 Å². The molecule has 2 aromatic carbocycles. The largest absolute Gasteiger partial charge is 0.493 e. The van der Waals surface area contributed by atoms with Crippen molar-refractivity contribution in [1.29, 1.82) is 0 Å². The van der Waals surface area contributed by atoms with Gasteiger partial charge in [-0.25, -0.2) is 13.6 Å². The lowest BCUT2D eigenvalue weighted by molar-refractivity contribution is 0.0318. The van der Waals surface area contributed by atoms with E-state index in [-0.39, 0.29) is 11.1 Å². The summed E-state index contributed by atoms with van der Waals surface area (Å²) in [5, 5.41) is 0. The fraction of sp³-hybridized carbons (Fsp3) is 0.263. The van der Waals surface area contributed by atoms with E-state index in [9.17, 15) is 18.4 Å². The Labute approximate surface area is 163 Å². The molecule has 8 heteroatoms. The number of carbonyl (C=O) groups excluding carboxylic acids is 2. The Morgan fingerprint density at radius 2 is 1.81 bits per heavy atom. The molecule has 2 aromatic rings. The molecule has 0 N–H and O–H groups in total. The normalized spacial score (nSPS) is 11.6. The molecule has 144 valence electrons. The van der Waals surface area contributed by atoms with Crippen LogP contribution in [-0.4, -0.2) is 31.6 Å². The number of ether oxygens (including phenoxy) is 3. The van der Waals surface area contributed by atoms with Crippen molar-refractivity contribution in [3.05, 3.63) is 57.6 Å². The van der Waals surface area contributed by atoms with Gasteiger partial charge >= 0.3 is 5.97 Å². The summed E-state index contributed by atoms with van der Waals surface area (Å²) in [6.45, 7) is 3.56. The van der Waals surface area contributed by atoms with E-state index < -0.39 is 29.5 Å². The number of carbonyl (C=O) groups is 2. The molecule has 0 aromatic heterocycles. The predicted octanol–water partition coefficient (Wildman–Crippen LogP) is 4.56. The van der Waals surface area contributed by atoms with Crippen LogP contribution >= 0.6 is 15.9 Å². The molecule has 0 aliphatic heterocycles. The molecular formula is C19H17BrF2O5. The zero-order chi connectivity index (χ0) is 20.1. The van der Waals surface area contributed by atoms with E-state index in [1.807, 2.05) is 0 Å². The third-order valence-corrected chi connectivity index (χ3v) is 4.20. The van der Waals surface area contributed by atoms with Gasteiger partial charge in [0.05, 0.1) is 23.8 Å². The number of halogens is 3. The number of hydrogen-bond acceptors (Lipinski definition) is 5. The Kier molecular flexibility index (Phi) is 6.90. The van der Waals surface area contributed by atoms with Crippen molar-refractivity contribution in [2.24, 2.45) is 0 Å². The first-order chi connectivity index (χ1) is 12.8. The number of Topliss-reactive ketones (excluding diaryl/α,β-unsaturated/α-hetero) is 1. The maximum atomic E-state index is 13.3. The van der Waals surface area contributed by atoms with Crippen molar-refractivity contribution in [1.82, 2.24) is 0 Å². The van der Waals surface area contributed by atoms with Crippen molar-refractivity contribution in [2.45, 2.75) is 20.0 Å². The number of rotatable bonds is 7. The molecule has 0 aliphatic carbocycles. The van der Waals surface area contributed by atoms with Gasteiger partial charge in [-0.1, -0.05) is 0 Å². The highest BCUT2D eigenvalue weighted by Crippen LogP contribution is 2.37. The first-order valence-corrected chi connectivity index (χ1v) is 8.78. The summed E-state index contributed by atoms with van der Waals surface area (Å²) >= 11 is 3.30. The second-order valence-corrected chi connectivity index (χ2v) is 6.32. The molecule has 0 unspecified atom stereocenters. The van der Waals surface area contributed by atoms with Gasteiger partial charge in [-0.3, -0.25) is 4.79 Å². The molecule has 0 saturated heterocycles. The summed E-state index contributed by atoms with van der Waals surface area (Å²) in [5.41, 5.74) is 0.0340. The van der Waals surface area contributed by atoms with Gasteiger partial charge in [0.2, 0.25) is 5.78 Å². The average molecular weight is 443 g/mol. The summed E-state index contributed by atoms with van der Waals surface area (Å²) in [6, 6.07) is 5.63. The topological polar surface area (TPSA) is 61.8 Å². The third-order valence-electron chi connectivity index (χ3n) is 3.61. The smallest absolute Gasteiger partial charge is 0.339 e. The number of hydrogen-bond donors (Lipinski definition) is 0. The van der Waals surface area contributed by atoms with Gasteiger partial charge in [0.1, 0.15) is 0 Å². The molecule has 0 spiro atoms. The van der Waals surface area contributed by atoms with E-state index in [0.717, 1.165) is 18.2 Å². The first kappa shape index (κ1) is 20.8. The standard InChI is InChI=1S/C19H17BrF2O5/c1-4-26-18-13(20)7-12(9-16(18)25-3)19(24)27-10(2)17(23)11-5-6-14(21)15(22)8-11/h5-10H,4H2,1-3H3/t10-/m0/s1. The SMILES string of the molecule is CCOc1c(Br)cc(C(=O)O[C@@H](C)C(=O)c2ccc(F)c(F)c2)cc1OC. The monoisotopic (exact) mass is 442 g/mol. The van der Waals surface area contributed by atoms with Crippen LogP contribution in [0, 0.1) is 11.6 Å². The molecule has 5 nitrogen and oxygen atoms in total. The van der Waals surface area contributed by atoms with E-state index in [0.29, 0.717) is 22.6 Å². The molecule has 0 bridgehead atoms. The Hall–Kier alpha value is -2.48. The summed E-state index contributed by atoms with van der Waals surface area (Å²) in [6.07, 6.45) is -1.20. The van der Waals surface area contributed by atoms with Crippen molar-refractivity contribution in [3.63, 3.8) is 0 Å². The first-order valence-electron chi connectivity index (χ1n) is 7.99. The molecule has 27 heavy (non-hydrogen) atoms. The zero-order valence-corrected chi connectivity index (χ0v) is 16.4. The van der Waals surface area contributed by atoms with E-state index in [4.69, 9.17) is 14.2 Å². The molecule has 1 atom stereocenters. The highest BCUT2D eigenvalue weighted by molar-refractivity contribution is 9.10. The van der Waals surface area contributed by atoms with E-state index in [2.05, 4.69) is 15.9 Å². The lowest BCUT2D eigenvalue weighted by Crippen LogP contribution is -2.24. The van der Waals surface area contributed by atoms with Crippen molar-refractivity contribution in [3.8, 4) is 11.5 Å². The Morgan fingerprint density at radius 3 is 2.41 bits per heavy atom. The second-order valence-electron chi connectivity index (χ2n) is 5.46. The highest BCUT2D eigenvalue weighted by Gasteiger charge is 2.23.